The van der Waals surface area contributed by atoms with Crippen molar-refractivity contribution in [1.29, 1.82) is 0 Å². The van der Waals surface area contributed by atoms with E-state index in [-0.39, 0.29) is 24.4 Å². The molecule has 1 aromatic heterocycles. The van der Waals surface area contributed by atoms with Crippen LogP contribution in [0.1, 0.15) is 63.6 Å². The van der Waals surface area contributed by atoms with E-state index in [0.29, 0.717) is 13.1 Å². The molecule has 2 amide bonds. The maximum Gasteiger partial charge on any atom is 0.242 e. The summed E-state index contributed by atoms with van der Waals surface area (Å²) in [6.45, 7) is 5.75. The maximum absolute atomic E-state index is 13.4. The Morgan fingerprint density at radius 1 is 1.10 bits per heavy atom. The fraction of sp³-hybridized carbons (Fsp3) is 0.520. The zero-order valence-corrected chi connectivity index (χ0v) is 20.3. The number of carbonyl (C=O) groups excluding carboxylic acids is 2. The highest BCUT2D eigenvalue weighted by molar-refractivity contribution is 9.10. The van der Waals surface area contributed by atoms with Gasteiger partial charge in [-0.2, -0.15) is 0 Å². The molecule has 0 bridgehead atoms. The number of aromatic nitrogens is 1. The first-order valence-corrected chi connectivity index (χ1v) is 12.2. The smallest absolute Gasteiger partial charge is 0.242 e. The van der Waals surface area contributed by atoms with Crippen molar-refractivity contribution in [2.24, 2.45) is 0 Å². The fourth-order valence-electron chi connectivity index (χ4n) is 4.39. The second kappa shape index (κ2) is 11.5. The number of benzene rings is 1. The van der Waals surface area contributed by atoms with Crippen LogP contribution in [0.25, 0.3) is 0 Å². The average molecular weight is 488 g/mol. The molecule has 1 aromatic carbocycles. The summed E-state index contributed by atoms with van der Waals surface area (Å²) in [6.07, 6.45) is 8.61. The van der Waals surface area contributed by atoms with Gasteiger partial charge in [0, 0.05) is 42.4 Å². The lowest BCUT2D eigenvalue weighted by Gasteiger charge is -2.36. The highest BCUT2D eigenvalue weighted by atomic mass is 79.9. The minimum Gasteiger partial charge on any atom is -0.345 e. The third kappa shape index (κ3) is 6.70. The minimum absolute atomic E-state index is 0.0302. The van der Waals surface area contributed by atoms with E-state index in [9.17, 15) is 9.59 Å². The fourth-order valence-corrected chi connectivity index (χ4v) is 4.66. The SMILES string of the molecule is CCCN(CC(=O)N(Cc1cccn1Cc1ccc(Br)cc1)C1CCCCC1)C(C)=O. The summed E-state index contributed by atoms with van der Waals surface area (Å²) >= 11 is 3.49. The molecule has 31 heavy (non-hydrogen) atoms. The van der Waals surface area contributed by atoms with E-state index >= 15 is 0 Å². The Balaban J connectivity index is 1.77. The molecule has 1 aliphatic rings. The molecule has 0 N–H and O–H groups in total. The van der Waals surface area contributed by atoms with Crippen LogP contribution < -0.4 is 0 Å². The van der Waals surface area contributed by atoms with Crippen LogP contribution in [-0.4, -0.2) is 45.3 Å². The molecule has 0 radical (unpaired) electrons. The lowest BCUT2D eigenvalue weighted by atomic mass is 9.94. The Morgan fingerprint density at radius 2 is 1.81 bits per heavy atom. The van der Waals surface area contributed by atoms with E-state index < -0.39 is 0 Å². The van der Waals surface area contributed by atoms with Crippen LogP contribution in [0.3, 0.4) is 0 Å². The van der Waals surface area contributed by atoms with Gasteiger partial charge < -0.3 is 14.4 Å². The first-order chi connectivity index (χ1) is 15.0. The average Bonchev–Trinajstić information content (AvgIpc) is 3.20. The number of amides is 2. The monoisotopic (exact) mass is 487 g/mol. The van der Waals surface area contributed by atoms with Crippen molar-refractivity contribution in [2.75, 3.05) is 13.1 Å². The van der Waals surface area contributed by atoms with Gasteiger partial charge in [0.05, 0.1) is 13.1 Å². The molecule has 168 valence electrons. The molecule has 0 unspecified atom stereocenters. The van der Waals surface area contributed by atoms with Crippen molar-refractivity contribution in [3.05, 3.63) is 58.3 Å². The van der Waals surface area contributed by atoms with Crippen LogP contribution >= 0.6 is 15.9 Å². The lowest BCUT2D eigenvalue weighted by molar-refractivity contribution is -0.142. The minimum atomic E-state index is -0.0302. The van der Waals surface area contributed by atoms with Crippen LogP contribution in [0, 0.1) is 0 Å². The highest BCUT2D eigenvalue weighted by Crippen LogP contribution is 2.25. The molecule has 5 nitrogen and oxygen atoms in total. The molecule has 1 fully saturated rings. The van der Waals surface area contributed by atoms with Gasteiger partial charge in [-0.3, -0.25) is 9.59 Å². The van der Waals surface area contributed by atoms with Gasteiger partial charge in [-0.1, -0.05) is 54.2 Å². The zero-order valence-electron chi connectivity index (χ0n) is 18.7. The first kappa shape index (κ1) is 23.6. The predicted molar refractivity (Wildman–Crippen MR) is 128 cm³/mol. The van der Waals surface area contributed by atoms with Crippen LogP contribution in [0.5, 0.6) is 0 Å². The predicted octanol–water partition coefficient (Wildman–Crippen LogP) is 5.22. The molecule has 3 rings (SSSR count). The second-order valence-corrected chi connectivity index (χ2v) is 9.42. The van der Waals surface area contributed by atoms with E-state index in [2.05, 4.69) is 63.1 Å². The number of halogens is 1. The Hall–Kier alpha value is -2.08. The van der Waals surface area contributed by atoms with Gasteiger partial charge in [0.1, 0.15) is 0 Å². The van der Waals surface area contributed by atoms with Crippen LogP contribution in [0.4, 0.5) is 0 Å². The number of carbonyl (C=O) groups is 2. The number of nitrogens with zero attached hydrogens (tertiary/aromatic N) is 3. The number of hydrogen-bond donors (Lipinski definition) is 0. The molecule has 0 aliphatic heterocycles. The summed E-state index contributed by atoms with van der Waals surface area (Å²) in [4.78, 5) is 29.1. The maximum atomic E-state index is 13.4. The Bertz CT molecular complexity index is 856. The van der Waals surface area contributed by atoms with Crippen LogP contribution in [0.2, 0.25) is 0 Å². The normalized spacial score (nSPS) is 14.4. The number of hydrogen-bond acceptors (Lipinski definition) is 2. The molecule has 0 spiro atoms. The molecule has 1 aliphatic carbocycles. The molecule has 6 heteroatoms. The van der Waals surface area contributed by atoms with Crippen molar-refractivity contribution >= 4 is 27.7 Å². The van der Waals surface area contributed by atoms with Gasteiger partial charge >= 0.3 is 0 Å². The van der Waals surface area contributed by atoms with Gasteiger partial charge in [0.2, 0.25) is 11.8 Å². The topological polar surface area (TPSA) is 45.6 Å². The van der Waals surface area contributed by atoms with Crippen LogP contribution in [-0.2, 0) is 22.7 Å². The molecule has 0 atom stereocenters. The first-order valence-electron chi connectivity index (χ1n) is 11.4. The largest absolute Gasteiger partial charge is 0.345 e. The summed E-state index contributed by atoms with van der Waals surface area (Å²) in [6, 6.07) is 12.8. The third-order valence-electron chi connectivity index (χ3n) is 6.12. The van der Waals surface area contributed by atoms with Crippen molar-refractivity contribution in [2.45, 2.75) is 71.5 Å². The quantitative estimate of drug-likeness (QED) is 0.486. The highest BCUT2D eigenvalue weighted by Gasteiger charge is 2.28. The summed E-state index contributed by atoms with van der Waals surface area (Å²) in [5, 5.41) is 0. The van der Waals surface area contributed by atoms with Gasteiger partial charge in [0.15, 0.2) is 0 Å². The van der Waals surface area contributed by atoms with E-state index in [4.69, 9.17) is 0 Å². The zero-order chi connectivity index (χ0) is 22.2. The Morgan fingerprint density at radius 3 is 2.45 bits per heavy atom. The van der Waals surface area contributed by atoms with Crippen molar-refractivity contribution in [3.63, 3.8) is 0 Å². The van der Waals surface area contributed by atoms with Gasteiger partial charge in [-0.05, 0) is 49.1 Å². The van der Waals surface area contributed by atoms with Crippen molar-refractivity contribution in [1.82, 2.24) is 14.4 Å². The standard InChI is InChI=1S/C25H34BrN3O2/c1-3-15-27(20(2)30)19-25(31)29(23-8-5-4-6-9-23)18-24-10-7-16-28(24)17-21-11-13-22(26)14-12-21/h7,10-14,16,23H,3-6,8-9,15,17-19H2,1-2H3. The van der Waals surface area contributed by atoms with Gasteiger partial charge in [-0.25, -0.2) is 0 Å². The van der Waals surface area contributed by atoms with Gasteiger partial charge in [-0.15, -0.1) is 0 Å². The van der Waals surface area contributed by atoms with E-state index in [1.807, 2.05) is 11.8 Å². The molecule has 1 heterocycles. The molecule has 1 saturated carbocycles. The van der Waals surface area contributed by atoms with Gasteiger partial charge in [0.25, 0.3) is 0 Å². The van der Waals surface area contributed by atoms with E-state index in [0.717, 1.165) is 36.0 Å². The second-order valence-electron chi connectivity index (χ2n) is 8.51. The van der Waals surface area contributed by atoms with Crippen LogP contribution in [0.15, 0.2) is 47.1 Å². The molecule has 2 aromatic rings. The summed E-state index contributed by atoms with van der Waals surface area (Å²) < 4.78 is 3.29. The molecule has 0 saturated heterocycles. The Labute approximate surface area is 194 Å². The summed E-state index contributed by atoms with van der Waals surface area (Å²) in [7, 11) is 0. The summed E-state index contributed by atoms with van der Waals surface area (Å²) in [5.41, 5.74) is 2.36. The van der Waals surface area contributed by atoms with E-state index in [1.54, 1.807) is 11.8 Å². The van der Waals surface area contributed by atoms with Crippen molar-refractivity contribution < 1.29 is 9.59 Å². The Kier molecular flexibility index (Phi) is 8.76. The lowest BCUT2D eigenvalue weighted by Crippen LogP contribution is -2.47. The third-order valence-corrected chi connectivity index (χ3v) is 6.65. The molecular weight excluding hydrogens is 454 g/mol. The number of rotatable bonds is 9. The molecular formula is C25H34BrN3O2. The van der Waals surface area contributed by atoms with Crippen molar-refractivity contribution in [3.8, 4) is 0 Å². The summed E-state index contributed by atoms with van der Waals surface area (Å²) in [5.74, 6) is 0.0318. The van der Waals surface area contributed by atoms with E-state index in [1.165, 1.54) is 24.8 Å².